The molecule has 1 heterocycles. The number of aliphatic hydroxyl groups excluding tert-OH is 2. The summed E-state index contributed by atoms with van der Waals surface area (Å²) in [4.78, 5) is 25.1. The van der Waals surface area contributed by atoms with Crippen molar-refractivity contribution in [2.45, 2.75) is 56.8 Å². The Bertz CT molecular complexity index is 717. The number of ether oxygens (including phenoxy) is 1. The number of carboxylic acids is 1. The van der Waals surface area contributed by atoms with Gasteiger partial charge in [-0.15, -0.1) is 0 Å². The smallest absolute Gasteiger partial charge is 0.315 e. The van der Waals surface area contributed by atoms with Crippen LogP contribution in [0.3, 0.4) is 0 Å². The van der Waals surface area contributed by atoms with E-state index in [0.717, 1.165) is 5.57 Å². The Labute approximate surface area is 145 Å². The Morgan fingerprint density at radius 1 is 1.36 bits per heavy atom. The van der Waals surface area contributed by atoms with Crippen LogP contribution < -0.4 is 0 Å². The molecule has 1 saturated heterocycles. The zero-order valence-corrected chi connectivity index (χ0v) is 14.3. The summed E-state index contributed by atoms with van der Waals surface area (Å²) in [5.74, 6) is -2.94. The topological polar surface area (TPSA) is 104 Å². The van der Waals surface area contributed by atoms with E-state index in [-0.39, 0.29) is 11.8 Å². The summed E-state index contributed by atoms with van der Waals surface area (Å²) in [6, 6.07) is 0. The number of hydrogen-bond donors (Lipinski definition) is 3. The second-order valence-corrected chi connectivity index (χ2v) is 9.21. The van der Waals surface area contributed by atoms with Gasteiger partial charge in [-0.05, 0) is 44.4 Å². The lowest BCUT2D eigenvalue weighted by molar-refractivity contribution is -0.164. The van der Waals surface area contributed by atoms with Crippen LogP contribution in [-0.2, 0) is 14.3 Å². The van der Waals surface area contributed by atoms with Crippen LogP contribution in [0.5, 0.6) is 0 Å². The van der Waals surface area contributed by atoms with Crippen molar-refractivity contribution in [3.8, 4) is 0 Å². The van der Waals surface area contributed by atoms with E-state index >= 15 is 0 Å². The minimum atomic E-state index is -1.18. The lowest BCUT2D eigenvalue weighted by Gasteiger charge is -2.45. The highest BCUT2D eigenvalue weighted by Gasteiger charge is 2.83. The highest BCUT2D eigenvalue weighted by molar-refractivity contribution is 5.85. The second kappa shape index (κ2) is 4.29. The minimum Gasteiger partial charge on any atom is -0.481 e. The Balaban J connectivity index is 1.76. The molecule has 0 aromatic heterocycles. The van der Waals surface area contributed by atoms with E-state index in [1.165, 1.54) is 0 Å². The third-order valence-electron chi connectivity index (χ3n) is 8.52. The van der Waals surface area contributed by atoms with Gasteiger partial charge in [-0.1, -0.05) is 12.2 Å². The number of aliphatic hydroxyl groups is 2. The Morgan fingerprint density at radius 3 is 2.76 bits per heavy atom. The summed E-state index contributed by atoms with van der Waals surface area (Å²) < 4.78 is 5.95. The molecule has 9 atom stereocenters. The molecule has 4 bridgehead atoms. The number of rotatable bonds is 1. The summed E-state index contributed by atoms with van der Waals surface area (Å²) in [7, 11) is 0. The van der Waals surface area contributed by atoms with E-state index in [4.69, 9.17) is 4.74 Å². The number of esters is 1. The summed E-state index contributed by atoms with van der Waals surface area (Å²) in [5.41, 5.74) is -1.66. The van der Waals surface area contributed by atoms with Crippen LogP contribution in [-0.4, -0.2) is 45.1 Å². The van der Waals surface area contributed by atoms with Crippen molar-refractivity contribution in [2.75, 3.05) is 0 Å². The molecular formula is C19H24O6. The molecule has 0 radical (unpaired) electrons. The van der Waals surface area contributed by atoms with E-state index in [9.17, 15) is 24.9 Å². The molecule has 4 aliphatic carbocycles. The summed E-state index contributed by atoms with van der Waals surface area (Å²) in [6.07, 6.45) is 1.06. The number of carbonyl (C=O) groups excluding carboxylic acids is 1. The molecular weight excluding hydrogens is 324 g/mol. The molecule has 5 fully saturated rings. The molecule has 1 aliphatic heterocycles. The molecule has 0 unspecified atom stereocenters. The van der Waals surface area contributed by atoms with Gasteiger partial charge in [0.25, 0.3) is 0 Å². The molecule has 0 aromatic rings. The van der Waals surface area contributed by atoms with Crippen LogP contribution in [0.2, 0.25) is 0 Å². The van der Waals surface area contributed by atoms with Gasteiger partial charge in [0.15, 0.2) is 0 Å². The third kappa shape index (κ3) is 1.44. The quantitative estimate of drug-likeness (QED) is 0.484. The summed E-state index contributed by atoms with van der Waals surface area (Å²) >= 11 is 0. The number of carboxylic acid groups (broad SMARTS) is 1. The summed E-state index contributed by atoms with van der Waals surface area (Å²) in [6.45, 7) is 5.78. The van der Waals surface area contributed by atoms with Gasteiger partial charge in [0.05, 0.1) is 23.5 Å². The fraction of sp³-hybridized carbons (Fsp3) is 0.789. The molecule has 3 N–H and O–H groups in total. The normalized spacial score (nSPS) is 58.7. The Hall–Kier alpha value is -1.40. The predicted octanol–water partition coefficient (Wildman–Crippen LogP) is 1.11. The van der Waals surface area contributed by atoms with Gasteiger partial charge in [-0.25, -0.2) is 0 Å². The first-order chi connectivity index (χ1) is 11.7. The monoisotopic (exact) mass is 348 g/mol. The molecule has 0 aromatic carbocycles. The number of carbonyl (C=O) groups is 2. The number of aliphatic carboxylic acids is 1. The van der Waals surface area contributed by atoms with Crippen LogP contribution in [0.1, 0.15) is 39.0 Å². The highest BCUT2D eigenvalue weighted by atomic mass is 16.6. The third-order valence-corrected chi connectivity index (χ3v) is 8.52. The van der Waals surface area contributed by atoms with Crippen LogP contribution in [0.15, 0.2) is 12.2 Å². The molecule has 6 heteroatoms. The molecule has 5 aliphatic rings. The standard InChI is InChI=1S/C19H24O6/c1-8-6-18-7-9(8)10(20)5-11(18)19-4-3-12(21)17(2,16(24)25-19)14(19)13(18)15(22)23/h9-14,20-21H,1,3-7H2,2H3,(H,22,23)/t9-,10-,11-,12+,13-,14-,17-,18+,19-/m1/s1. The van der Waals surface area contributed by atoms with Crippen molar-refractivity contribution in [2.24, 2.45) is 34.5 Å². The molecule has 6 nitrogen and oxygen atoms in total. The fourth-order valence-electron chi connectivity index (χ4n) is 7.64. The van der Waals surface area contributed by atoms with Crippen molar-refractivity contribution < 1.29 is 29.6 Å². The van der Waals surface area contributed by atoms with Crippen LogP contribution >= 0.6 is 0 Å². The van der Waals surface area contributed by atoms with Crippen molar-refractivity contribution in [3.63, 3.8) is 0 Å². The van der Waals surface area contributed by atoms with Gasteiger partial charge in [0.2, 0.25) is 0 Å². The molecule has 25 heavy (non-hydrogen) atoms. The summed E-state index contributed by atoms with van der Waals surface area (Å²) in [5, 5.41) is 31.4. The number of hydrogen-bond acceptors (Lipinski definition) is 5. The van der Waals surface area contributed by atoms with E-state index in [2.05, 4.69) is 6.58 Å². The van der Waals surface area contributed by atoms with Crippen LogP contribution in [0.4, 0.5) is 0 Å². The average molecular weight is 348 g/mol. The molecule has 0 amide bonds. The van der Waals surface area contributed by atoms with E-state index in [1.54, 1.807) is 6.92 Å². The molecule has 136 valence electrons. The van der Waals surface area contributed by atoms with Crippen molar-refractivity contribution in [1.29, 1.82) is 0 Å². The fourth-order valence-corrected chi connectivity index (χ4v) is 7.64. The molecule has 5 rings (SSSR count). The SMILES string of the molecule is C=C1C[C@]23C[C@H]1[C@H](O)C[C@H]2[C@@]12CC[C@H](O)[C@@](C)(C(=O)O1)[C@H]2[C@@H]3C(=O)O. The van der Waals surface area contributed by atoms with Gasteiger partial charge in [0, 0.05) is 17.8 Å². The van der Waals surface area contributed by atoms with Gasteiger partial charge in [-0.3, -0.25) is 9.59 Å². The first-order valence-electron chi connectivity index (χ1n) is 9.18. The van der Waals surface area contributed by atoms with Gasteiger partial charge in [0.1, 0.15) is 5.60 Å². The Kier molecular flexibility index (Phi) is 2.71. The zero-order valence-electron chi connectivity index (χ0n) is 14.3. The first kappa shape index (κ1) is 15.8. The zero-order chi connectivity index (χ0) is 17.9. The lowest BCUT2D eigenvalue weighted by Crippen LogP contribution is -2.53. The second-order valence-electron chi connectivity index (χ2n) is 9.21. The lowest BCUT2D eigenvalue weighted by atomic mass is 9.59. The van der Waals surface area contributed by atoms with Crippen molar-refractivity contribution >= 4 is 11.9 Å². The van der Waals surface area contributed by atoms with Gasteiger partial charge < -0.3 is 20.1 Å². The van der Waals surface area contributed by atoms with Crippen molar-refractivity contribution in [1.82, 2.24) is 0 Å². The maximum atomic E-state index is 12.7. The first-order valence-corrected chi connectivity index (χ1v) is 9.18. The Morgan fingerprint density at radius 2 is 2.08 bits per heavy atom. The van der Waals surface area contributed by atoms with Gasteiger partial charge >= 0.3 is 11.9 Å². The van der Waals surface area contributed by atoms with Crippen molar-refractivity contribution in [3.05, 3.63) is 12.2 Å². The van der Waals surface area contributed by atoms with E-state index in [0.29, 0.717) is 32.1 Å². The maximum absolute atomic E-state index is 12.7. The minimum absolute atomic E-state index is 0.0680. The average Bonchev–Trinajstić information content (AvgIpc) is 3.02. The predicted molar refractivity (Wildman–Crippen MR) is 85.2 cm³/mol. The largest absolute Gasteiger partial charge is 0.481 e. The van der Waals surface area contributed by atoms with E-state index in [1.807, 2.05) is 0 Å². The van der Waals surface area contributed by atoms with Crippen LogP contribution in [0, 0.1) is 34.5 Å². The number of fused-ring (bicyclic) bond motifs is 1. The molecule has 4 saturated carbocycles. The van der Waals surface area contributed by atoms with E-state index < -0.39 is 52.4 Å². The molecule has 1 spiro atoms. The van der Waals surface area contributed by atoms with Gasteiger partial charge in [-0.2, -0.15) is 0 Å². The van der Waals surface area contributed by atoms with Crippen LogP contribution in [0.25, 0.3) is 0 Å². The highest BCUT2D eigenvalue weighted by Crippen LogP contribution is 2.77. The maximum Gasteiger partial charge on any atom is 0.315 e.